The third kappa shape index (κ3) is 2.83. The number of aryl methyl sites for hydroxylation is 2. The number of halogens is 3. The van der Waals surface area contributed by atoms with Gasteiger partial charge in [0, 0.05) is 4.47 Å². The molecule has 0 aliphatic rings. The Hall–Kier alpha value is -0.670. The van der Waals surface area contributed by atoms with Crippen molar-refractivity contribution in [2.45, 2.75) is 18.7 Å². The average molecular weight is 372 g/mol. The van der Waals surface area contributed by atoms with Crippen molar-refractivity contribution in [3.63, 3.8) is 0 Å². The number of benzene rings is 2. The second-order valence-corrected chi connectivity index (χ2v) is 6.22. The zero-order valence-corrected chi connectivity index (χ0v) is 13.3. The number of hydrogen-bond acceptors (Lipinski definition) is 0. The molecule has 0 heterocycles. The molecule has 0 saturated carbocycles. The highest BCUT2D eigenvalue weighted by Crippen LogP contribution is 2.33. The van der Waals surface area contributed by atoms with E-state index in [1.165, 1.54) is 0 Å². The summed E-state index contributed by atoms with van der Waals surface area (Å²) in [6.45, 7) is 3.60. The minimum atomic E-state index is -0.118. The smallest absolute Gasteiger partial charge is 0.129 e. The van der Waals surface area contributed by atoms with Crippen molar-refractivity contribution in [1.82, 2.24) is 0 Å². The van der Waals surface area contributed by atoms with E-state index in [2.05, 4.69) is 44.0 Å². The molecule has 1 unspecified atom stereocenters. The molecule has 0 fully saturated rings. The van der Waals surface area contributed by atoms with Gasteiger partial charge in [0.25, 0.3) is 0 Å². The first-order chi connectivity index (χ1) is 8.49. The van der Waals surface area contributed by atoms with Crippen molar-refractivity contribution in [3.05, 3.63) is 68.9 Å². The Morgan fingerprint density at radius 2 is 1.61 bits per heavy atom. The van der Waals surface area contributed by atoms with Crippen LogP contribution in [0.3, 0.4) is 0 Å². The van der Waals surface area contributed by atoms with E-state index < -0.39 is 0 Å². The molecule has 2 aromatic carbocycles. The molecular weight excluding hydrogens is 359 g/mol. The lowest BCUT2D eigenvalue weighted by Gasteiger charge is -2.13. The summed E-state index contributed by atoms with van der Waals surface area (Å²) in [5.41, 5.74) is 3.59. The van der Waals surface area contributed by atoms with E-state index in [4.69, 9.17) is 0 Å². The maximum Gasteiger partial charge on any atom is 0.129 e. The molecule has 0 nitrogen and oxygen atoms in total. The molecule has 0 amide bonds. The molecule has 1 atom stereocenters. The summed E-state index contributed by atoms with van der Waals surface area (Å²) in [7, 11) is 0. The standard InChI is InChI=1S/C15H13Br2F/c1-9-6-12(7-10(2)15(9)18)14(17)11-4-3-5-13(16)8-11/h3-8,14H,1-2H3. The molecule has 94 valence electrons. The molecule has 18 heavy (non-hydrogen) atoms. The second-order valence-electron chi connectivity index (χ2n) is 4.39. The predicted molar refractivity (Wildman–Crippen MR) is 80.8 cm³/mol. The van der Waals surface area contributed by atoms with Crippen LogP contribution in [-0.2, 0) is 0 Å². The summed E-state index contributed by atoms with van der Waals surface area (Å²) in [5, 5.41) is 0. The largest absolute Gasteiger partial charge is 0.206 e. The zero-order valence-electron chi connectivity index (χ0n) is 10.2. The Balaban J connectivity index is 2.43. The number of alkyl halides is 1. The third-order valence-electron chi connectivity index (χ3n) is 2.89. The average Bonchev–Trinajstić information content (AvgIpc) is 2.34. The van der Waals surface area contributed by atoms with Crippen molar-refractivity contribution in [2.24, 2.45) is 0 Å². The summed E-state index contributed by atoms with van der Waals surface area (Å²) in [5.74, 6) is -0.118. The molecule has 2 aromatic rings. The topological polar surface area (TPSA) is 0 Å². The van der Waals surface area contributed by atoms with Crippen LogP contribution in [0.25, 0.3) is 0 Å². The zero-order chi connectivity index (χ0) is 13.3. The Morgan fingerprint density at radius 3 is 2.17 bits per heavy atom. The van der Waals surface area contributed by atoms with Crippen LogP contribution in [0.5, 0.6) is 0 Å². The van der Waals surface area contributed by atoms with Crippen LogP contribution in [0.15, 0.2) is 40.9 Å². The van der Waals surface area contributed by atoms with Gasteiger partial charge in [-0.1, -0.05) is 56.1 Å². The van der Waals surface area contributed by atoms with Crippen molar-refractivity contribution in [3.8, 4) is 0 Å². The van der Waals surface area contributed by atoms with E-state index in [0.717, 1.165) is 15.6 Å². The van der Waals surface area contributed by atoms with Crippen LogP contribution in [0.1, 0.15) is 27.1 Å². The molecule has 0 saturated heterocycles. The monoisotopic (exact) mass is 370 g/mol. The fourth-order valence-electron chi connectivity index (χ4n) is 1.98. The van der Waals surface area contributed by atoms with Crippen LogP contribution in [0, 0.1) is 19.7 Å². The molecule has 0 radical (unpaired) electrons. The highest BCUT2D eigenvalue weighted by Gasteiger charge is 2.13. The van der Waals surface area contributed by atoms with Gasteiger partial charge in [0.15, 0.2) is 0 Å². The molecule has 3 heteroatoms. The van der Waals surface area contributed by atoms with E-state index >= 15 is 0 Å². The highest BCUT2D eigenvalue weighted by atomic mass is 79.9. The van der Waals surface area contributed by atoms with E-state index in [9.17, 15) is 4.39 Å². The van der Waals surface area contributed by atoms with Gasteiger partial charge in [0.05, 0.1) is 4.83 Å². The Morgan fingerprint density at radius 1 is 1.00 bits per heavy atom. The van der Waals surface area contributed by atoms with Gasteiger partial charge in [-0.15, -0.1) is 0 Å². The van der Waals surface area contributed by atoms with Crippen molar-refractivity contribution in [1.29, 1.82) is 0 Å². The molecule has 0 N–H and O–H groups in total. The highest BCUT2D eigenvalue weighted by molar-refractivity contribution is 9.10. The second kappa shape index (κ2) is 5.54. The quantitative estimate of drug-likeness (QED) is 0.595. The van der Waals surface area contributed by atoms with E-state index in [1.54, 1.807) is 13.8 Å². The van der Waals surface area contributed by atoms with Gasteiger partial charge in [-0.2, -0.15) is 0 Å². The van der Waals surface area contributed by atoms with Crippen molar-refractivity contribution in [2.75, 3.05) is 0 Å². The first kappa shape index (κ1) is 13.8. The van der Waals surface area contributed by atoms with Gasteiger partial charge in [-0.25, -0.2) is 4.39 Å². The van der Waals surface area contributed by atoms with Gasteiger partial charge in [0.2, 0.25) is 0 Å². The Kier molecular flexibility index (Phi) is 4.23. The summed E-state index contributed by atoms with van der Waals surface area (Å²) < 4.78 is 14.7. The van der Waals surface area contributed by atoms with Gasteiger partial charge in [0.1, 0.15) is 5.82 Å². The lowest BCUT2D eigenvalue weighted by molar-refractivity contribution is 0.608. The van der Waals surface area contributed by atoms with Crippen molar-refractivity contribution < 1.29 is 4.39 Å². The lowest BCUT2D eigenvalue weighted by Crippen LogP contribution is -1.97. The minimum absolute atomic E-state index is 0.0769. The summed E-state index contributed by atoms with van der Waals surface area (Å²) in [6.07, 6.45) is 0. The van der Waals surface area contributed by atoms with Crippen LogP contribution >= 0.6 is 31.9 Å². The number of rotatable bonds is 2. The predicted octanol–water partition coefficient (Wildman–Crippen LogP) is 5.69. The fraction of sp³-hybridized carbons (Fsp3) is 0.200. The van der Waals surface area contributed by atoms with E-state index in [1.807, 2.05) is 24.3 Å². The maximum atomic E-state index is 13.6. The van der Waals surface area contributed by atoms with Gasteiger partial charge in [-0.05, 0) is 48.2 Å². The normalized spacial score (nSPS) is 12.5. The van der Waals surface area contributed by atoms with Gasteiger partial charge in [-0.3, -0.25) is 0 Å². The minimum Gasteiger partial charge on any atom is -0.206 e. The Bertz CT molecular complexity index is 555. The van der Waals surface area contributed by atoms with Crippen molar-refractivity contribution >= 4 is 31.9 Å². The van der Waals surface area contributed by atoms with Crippen LogP contribution in [0.4, 0.5) is 4.39 Å². The first-order valence-electron chi connectivity index (χ1n) is 5.65. The fourth-order valence-corrected chi connectivity index (χ4v) is 2.95. The first-order valence-corrected chi connectivity index (χ1v) is 7.36. The third-order valence-corrected chi connectivity index (χ3v) is 4.44. The van der Waals surface area contributed by atoms with Crippen LogP contribution in [-0.4, -0.2) is 0 Å². The van der Waals surface area contributed by atoms with E-state index in [0.29, 0.717) is 11.1 Å². The molecule has 0 spiro atoms. The molecule has 0 aromatic heterocycles. The van der Waals surface area contributed by atoms with Crippen LogP contribution in [0.2, 0.25) is 0 Å². The van der Waals surface area contributed by atoms with Gasteiger partial charge < -0.3 is 0 Å². The molecule has 0 bridgehead atoms. The van der Waals surface area contributed by atoms with E-state index in [-0.39, 0.29) is 10.6 Å². The summed E-state index contributed by atoms with van der Waals surface area (Å²) in [4.78, 5) is 0.0769. The van der Waals surface area contributed by atoms with Crippen LogP contribution < -0.4 is 0 Å². The molecule has 0 aliphatic carbocycles. The molecule has 2 rings (SSSR count). The summed E-state index contributed by atoms with van der Waals surface area (Å²) >= 11 is 7.14. The molecular formula is C15H13Br2F. The van der Waals surface area contributed by atoms with Gasteiger partial charge >= 0.3 is 0 Å². The summed E-state index contributed by atoms with van der Waals surface area (Å²) in [6, 6.07) is 11.9. The number of hydrogen-bond donors (Lipinski definition) is 0. The molecule has 0 aliphatic heterocycles. The maximum absolute atomic E-state index is 13.6. The Labute approximate surface area is 123 Å². The SMILES string of the molecule is Cc1cc(C(Br)c2cccc(Br)c2)cc(C)c1F. The lowest BCUT2D eigenvalue weighted by atomic mass is 10.00.